The molecule has 8 nitrogen and oxygen atoms in total. The van der Waals surface area contributed by atoms with E-state index in [1.807, 2.05) is 0 Å². The Morgan fingerprint density at radius 1 is 1.10 bits per heavy atom. The van der Waals surface area contributed by atoms with Gasteiger partial charge in [-0.25, -0.2) is 12.8 Å². The number of benzene rings is 2. The third-order valence-electron chi connectivity index (χ3n) is 4.77. The second-order valence-corrected chi connectivity index (χ2v) is 8.57. The van der Waals surface area contributed by atoms with Crippen LogP contribution in [0.25, 0.3) is 0 Å². The number of aryl methyl sites for hydroxylation is 1. The number of nitrogens with zero attached hydrogens (tertiary/aromatic N) is 1. The Morgan fingerprint density at radius 2 is 1.73 bits per heavy atom. The summed E-state index contributed by atoms with van der Waals surface area (Å²) in [6.45, 7) is 2.71. The second kappa shape index (κ2) is 8.99. The minimum absolute atomic E-state index is 0.153. The van der Waals surface area contributed by atoms with Gasteiger partial charge in [0.05, 0.1) is 37.9 Å². The fourth-order valence-corrected chi connectivity index (χ4v) is 4.51. The number of methoxy groups -OCH3 is 2. The number of sulfonamides is 1. The van der Waals surface area contributed by atoms with E-state index in [0.717, 1.165) is 18.2 Å². The fourth-order valence-electron chi connectivity index (χ4n) is 3.08. The molecule has 3 rings (SSSR count). The number of hydrogen-bond donors (Lipinski definition) is 1. The summed E-state index contributed by atoms with van der Waals surface area (Å²) < 4.78 is 56.9. The molecule has 1 amide bonds. The highest BCUT2D eigenvalue weighted by Crippen LogP contribution is 2.33. The van der Waals surface area contributed by atoms with Crippen LogP contribution < -0.4 is 14.8 Å². The second-order valence-electron chi connectivity index (χ2n) is 6.63. The minimum Gasteiger partial charge on any atom is -0.493 e. The van der Waals surface area contributed by atoms with Crippen LogP contribution in [0.3, 0.4) is 0 Å². The Hall–Kier alpha value is -2.69. The molecule has 10 heteroatoms. The van der Waals surface area contributed by atoms with Crippen LogP contribution in [0.4, 0.5) is 10.1 Å². The molecule has 1 aliphatic heterocycles. The van der Waals surface area contributed by atoms with Crippen LogP contribution in [0.2, 0.25) is 0 Å². The number of anilines is 1. The zero-order chi connectivity index (χ0) is 21.9. The number of nitrogens with one attached hydrogen (secondary N) is 1. The monoisotopic (exact) mass is 438 g/mol. The lowest BCUT2D eigenvalue weighted by molar-refractivity contribution is 0.0730. The van der Waals surface area contributed by atoms with Gasteiger partial charge >= 0.3 is 0 Å². The molecule has 0 radical (unpaired) electrons. The van der Waals surface area contributed by atoms with E-state index in [0.29, 0.717) is 22.7 Å². The quantitative estimate of drug-likeness (QED) is 0.745. The number of morpholine rings is 1. The van der Waals surface area contributed by atoms with Crippen LogP contribution in [0.1, 0.15) is 15.9 Å². The molecule has 0 bridgehead atoms. The summed E-state index contributed by atoms with van der Waals surface area (Å²) in [7, 11) is -0.917. The summed E-state index contributed by atoms with van der Waals surface area (Å²) in [6, 6.07) is 6.40. The van der Waals surface area contributed by atoms with Gasteiger partial charge in [-0.1, -0.05) is 0 Å². The standard InChI is InChI=1S/C20H23FN2O6S/c1-13-10-18(27-2)19(28-3)12-17(13)22-20(24)15-11-14(4-5-16(15)21)30(25,26)23-6-8-29-9-7-23/h4-5,10-12H,6-9H2,1-3H3,(H,22,24). The number of halogens is 1. The first-order valence-corrected chi connectivity index (χ1v) is 10.6. The molecule has 0 atom stereocenters. The summed E-state index contributed by atoms with van der Waals surface area (Å²) in [4.78, 5) is 12.6. The van der Waals surface area contributed by atoms with E-state index in [-0.39, 0.29) is 36.8 Å². The van der Waals surface area contributed by atoms with E-state index in [4.69, 9.17) is 14.2 Å². The SMILES string of the molecule is COc1cc(C)c(NC(=O)c2cc(S(=O)(=O)N3CCOCC3)ccc2F)cc1OC. The van der Waals surface area contributed by atoms with Crippen molar-refractivity contribution in [1.82, 2.24) is 4.31 Å². The summed E-state index contributed by atoms with van der Waals surface area (Å²) in [5.74, 6) is -0.728. The molecule has 0 aliphatic carbocycles. The number of hydrogen-bond acceptors (Lipinski definition) is 6. The van der Waals surface area contributed by atoms with Crippen LogP contribution in [-0.4, -0.2) is 59.2 Å². The number of carbonyl (C=O) groups excluding carboxylic acids is 1. The van der Waals surface area contributed by atoms with Gasteiger partial charge in [-0.15, -0.1) is 0 Å². The number of carbonyl (C=O) groups is 1. The lowest BCUT2D eigenvalue weighted by atomic mass is 10.1. The predicted molar refractivity (Wildman–Crippen MR) is 108 cm³/mol. The molecule has 162 valence electrons. The first-order chi connectivity index (χ1) is 14.3. The van der Waals surface area contributed by atoms with Crippen LogP contribution in [0.5, 0.6) is 11.5 Å². The number of rotatable bonds is 6. The van der Waals surface area contributed by atoms with Crippen molar-refractivity contribution in [2.45, 2.75) is 11.8 Å². The zero-order valence-corrected chi connectivity index (χ0v) is 17.7. The maximum absolute atomic E-state index is 14.4. The van der Waals surface area contributed by atoms with Crippen molar-refractivity contribution in [1.29, 1.82) is 0 Å². The molecule has 1 aliphatic rings. The van der Waals surface area contributed by atoms with Gasteiger partial charge in [-0.2, -0.15) is 4.31 Å². The van der Waals surface area contributed by atoms with E-state index in [1.165, 1.54) is 18.5 Å². The molecule has 0 saturated carbocycles. The molecule has 1 fully saturated rings. The normalized spacial score (nSPS) is 14.9. The van der Waals surface area contributed by atoms with Crippen LogP contribution in [-0.2, 0) is 14.8 Å². The maximum atomic E-state index is 14.4. The molecule has 2 aromatic carbocycles. The molecule has 1 N–H and O–H groups in total. The Bertz CT molecular complexity index is 1050. The van der Waals surface area contributed by atoms with E-state index in [2.05, 4.69) is 5.32 Å². The Labute approximate surface area is 174 Å². The summed E-state index contributed by atoms with van der Waals surface area (Å²) in [5.41, 5.74) is 0.676. The van der Waals surface area contributed by atoms with Crippen LogP contribution >= 0.6 is 0 Å². The smallest absolute Gasteiger partial charge is 0.258 e. The van der Waals surface area contributed by atoms with E-state index in [1.54, 1.807) is 19.1 Å². The van der Waals surface area contributed by atoms with Gasteiger partial charge in [-0.05, 0) is 36.8 Å². The maximum Gasteiger partial charge on any atom is 0.258 e. The van der Waals surface area contributed by atoms with E-state index < -0.39 is 21.7 Å². The molecule has 2 aromatic rings. The highest BCUT2D eigenvalue weighted by molar-refractivity contribution is 7.89. The molecule has 0 aromatic heterocycles. The summed E-state index contributed by atoms with van der Waals surface area (Å²) >= 11 is 0. The van der Waals surface area contributed by atoms with Crippen molar-refractivity contribution in [2.24, 2.45) is 0 Å². The van der Waals surface area contributed by atoms with Crippen molar-refractivity contribution < 1.29 is 31.8 Å². The molecule has 1 heterocycles. The van der Waals surface area contributed by atoms with Crippen LogP contribution in [0, 0.1) is 12.7 Å². The van der Waals surface area contributed by atoms with Gasteiger partial charge in [0, 0.05) is 24.8 Å². The van der Waals surface area contributed by atoms with Crippen molar-refractivity contribution in [3.8, 4) is 11.5 Å². The van der Waals surface area contributed by atoms with Crippen molar-refractivity contribution in [3.05, 3.63) is 47.3 Å². The van der Waals surface area contributed by atoms with Gasteiger partial charge in [0.15, 0.2) is 11.5 Å². The highest BCUT2D eigenvalue weighted by Gasteiger charge is 2.28. The third kappa shape index (κ3) is 4.40. The third-order valence-corrected chi connectivity index (χ3v) is 6.66. The van der Waals surface area contributed by atoms with Gasteiger partial charge in [-0.3, -0.25) is 4.79 Å². The molecule has 1 saturated heterocycles. The van der Waals surface area contributed by atoms with Crippen molar-refractivity contribution >= 4 is 21.6 Å². The highest BCUT2D eigenvalue weighted by atomic mass is 32.2. The summed E-state index contributed by atoms with van der Waals surface area (Å²) in [6.07, 6.45) is 0. The zero-order valence-electron chi connectivity index (χ0n) is 16.9. The molecule has 0 spiro atoms. The van der Waals surface area contributed by atoms with Gasteiger partial charge in [0.2, 0.25) is 10.0 Å². The summed E-state index contributed by atoms with van der Waals surface area (Å²) in [5, 5.41) is 2.61. The predicted octanol–water partition coefficient (Wildman–Crippen LogP) is 2.42. The molecule has 0 unspecified atom stereocenters. The van der Waals surface area contributed by atoms with Crippen LogP contribution in [0.15, 0.2) is 35.2 Å². The first-order valence-electron chi connectivity index (χ1n) is 9.19. The first kappa shape index (κ1) is 22.0. The Morgan fingerprint density at radius 3 is 2.37 bits per heavy atom. The lowest BCUT2D eigenvalue weighted by Crippen LogP contribution is -2.40. The van der Waals surface area contributed by atoms with Crippen molar-refractivity contribution in [3.63, 3.8) is 0 Å². The Kier molecular flexibility index (Phi) is 6.59. The number of amides is 1. The van der Waals surface area contributed by atoms with E-state index in [9.17, 15) is 17.6 Å². The Balaban J connectivity index is 1.91. The van der Waals surface area contributed by atoms with E-state index >= 15 is 0 Å². The molecular formula is C20H23FN2O6S. The lowest BCUT2D eigenvalue weighted by Gasteiger charge is -2.26. The number of ether oxygens (including phenoxy) is 3. The fraction of sp³-hybridized carbons (Fsp3) is 0.350. The largest absolute Gasteiger partial charge is 0.493 e. The average molecular weight is 438 g/mol. The average Bonchev–Trinajstić information content (AvgIpc) is 2.75. The van der Waals surface area contributed by atoms with Crippen molar-refractivity contribution in [2.75, 3.05) is 45.8 Å². The molecular weight excluding hydrogens is 415 g/mol. The minimum atomic E-state index is -3.87. The molecule has 30 heavy (non-hydrogen) atoms. The van der Waals surface area contributed by atoms with Gasteiger partial charge < -0.3 is 19.5 Å². The topological polar surface area (TPSA) is 94.2 Å². The van der Waals surface area contributed by atoms with Gasteiger partial charge in [0.1, 0.15) is 5.82 Å². The van der Waals surface area contributed by atoms with Gasteiger partial charge in [0.25, 0.3) is 5.91 Å².